The molecule has 0 radical (unpaired) electrons. The molecule has 2 aromatic rings. The number of nitrogens with one attached hydrogen (secondary N) is 1. The molecule has 160 valence electrons. The zero-order chi connectivity index (χ0) is 20.9. The summed E-state index contributed by atoms with van der Waals surface area (Å²) in [4.78, 5) is 29.0. The van der Waals surface area contributed by atoms with Crippen molar-refractivity contribution in [1.29, 1.82) is 0 Å². The molecule has 1 saturated heterocycles. The van der Waals surface area contributed by atoms with Gasteiger partial charge < -0.3 is 15.1 Å². The predicted molar refractivity (Wildman–Crippen MR) is 115 cm³/mol. The number of carbonyl (C=O) groups is 2. The monoisotopic (exact) mass is 409 g/mol. The van der Waals surface area contributed by atoms with Gasteiger partial charge >= 0.3 is 6.03 Å². The Hall–Kier alpha value is -2.83. The zero-order valence-corrected chi connectivity index (χ0v) is 17.7. The van der Waals surface area contributed by atoms with Crippen LogP contribution in [0.5, 0.6) is 0 Å². The van der Waals surface area contributed by atoms with Gasteiger partial charge in [-0.15, -0.1) is 0 Å². The van der Waals surface area contributed by atoms with Gasteiger partial charge in [0.15, 0.2) is 0 Å². The van der Waals surface area contributed by atoms with E-state index in [4.69, 9.17) is 0 Å². The Labute approximate surface area is 178 Å². The second-order valence-electron chi connectivity index (χ2n) is 8.27. The standard InChI is InChI=1S/C23H31N5O2/c1-26-21-11-6-10-20(19(21)17-24-26)25-23(30)28-15-13-27(14-16-28)22(29)12-5-9-18-7-3-2-4-8-18/h2-4,7-8,17,20H,5-6,9-16H2,1H3,(H,25,30). The lowest BCUT2D eigenvalue weighted by atomic mass is 9.93. The van der Waals surface area contributed by atoms with Crippen molar-refractivity contribution in [2.24, 2.45) is 7.05 Å². The van der Waals surface area contributed by atoms with Gasteiger partial charge in [0.1, 0.15) is 0 Å². The maximum absolute atomic E-state index is 12.8. The van der Waals surface area contributed by atoms with Crippen molar-refractivity contribution in [1.82, 2.24) is 24.9 Å². The molecule has 4 rings (SSSR count). The first kappa shape index (κ1) is 20.4. The molecule has 1 aliphatic heterocycles. The molecule has 1 unspecified atom stereocenters. The molecule has 1 atom stereocenters. The molecular weight excluding hydrogens is 378 g/mol. The molecular formula is C23H31N5O2. The molecule has 1 fully saturated rings. The van der Waals surface area contributed by atoms with Gasteiger partial charge in [0.2, 0.25) is 5.91 Å². The van der Waals surface area contributed by atoms with Crippen LogP contribution in [0.4, 0.5) is 4.79 Å². The highest BCUT2D eigenvalue weighted by atomic mass is 16.2. The van der Waals surface area contributed by atoms with E-state index in [9.17, 15) is 9.59 Å². The number of carbonyl (C=O) groups excluding carboxylic acids is 2. The number of amides is 3. The molecule has 7 nitrogen and oxygen atoms in total. The molecule has 1 N–H and O–H groups in total. The summed E-state index contributed by atoms with van der Waals surface area (Å²) in [5.41, 5.74) is 3.63. The van der Waals surface area contributed by atoms with Crippen LogP contribution in [-0.4, -0.2) is 57.7 Å². The summed E-state index contributed by atoms with van der Waals surface area (Å²) >= 11 is 0. The Balaban J connectivity index is 1.21. The lowest BCUT2D eigenvalue weighted by Crippen LogP contribution is -2.53. The van der Waals surface area contributed by atoms with Crippen molar-refractivity contribution < 1.29 is 9.59 Å². The van der Waals surface area contributed by atoms with Crippen molar-refractivity contribution >= 4 is 11.9 Å². The highest BCUT2D eigenvalue weighted by Gasteiger charge is 2.28. The van der Waals surface area contributed by atoms with E-state index >= 15 is 0 Å². The van der Waals surface area contributed by atoms with Crippen molar-refractivity contribution in [3.63, 3.8) is 0 Å². The zero-order valence-electron chi connectivity index (χ0n) is 17.7. The Morgan fingerprint density at radius 2 is 1.83 bits per heavy atom. The number of urea groups is 1. The molecule has 30 heavy (non-hydrogen) atoms. The van der Waals surface area contributed by atoms with Crippen LogP contribution in [0.3, 0.4) is 0 Å². The Kier molecular flexibility index (Phi) is 6.35. The molecule has 1 aliphatic carbocycles. The van der Waals surface area contributed by atoms with E-state index in [1.54, 1.807) is 0 Å². The molecule has 0 bridgehead atoms. The minimum absolute atomic E-state index is 0.0344. The second-order valence-corrected chi connectivity index (χ2v) is 8.27. The van der Waals surface area contributed by atoms with Gasteiger partial charge in [-0.1, -0.05) is 30.3 Å². The number of aryl methyl sites for hydroxylation is 2. The van der Waals surface area contributed by atoms with E-state index in [2.05, 4.69) is 22.5 Å². The van der Waals surface area contributed by atoms with E-state index in [-0.39, 0.29) is 18.0 Å². The maximum atomic E-state index is 12.8. The minimum Gasteiger partial charge on any atom is -0.339 e. The average molecular weight is 410 g/mol. The third kappa shape index (κ3) is 4.66. The molecule has 2 heterocycles. The number of rotatable bonds is 5. The molecule has 3 amide bonds. The van der Waals surface area contributed by atoms with Crippen LogP contribution in [0.25, 0.3) is 0 Å². The first-order valence-electron chi connectivity index (χ1n) is 11.0. The fourth-order valence-electron chi connectivity index (χ4n) is 4.50. The number of aromatic nitrogens is 2. The van der Waals surface area contributed by atoms with Gasteiger partial charge in [-0.3, -0.25) is 9.48 Å². The largest absolute Gasteiger partial charge is 0.339 e. The highest BCUT2D eigenvalue weighted by molar-refractivity contribution is 5.78. The summed E-state index contributed by atoms with van der Waals surface area (Å²) in [6.45, 7) is 2.40. The molecule has 1 aromatic heterocycles. The summed E-state index contributed by atoms with van der Waals surface area (Å²) < 4.78 is 1.91. The minimum atomic E-state index is -0.0344. The number of hydrogen-bond donors (Lipinski definition) is 1. The lowest BCUT2D eigenvalue weighted by molar-refractivity contribution is -0.132. The third-order valence-electron chi connectivity index (χ3n) is 6.29. The molecule has 0 saturated carbocycles. The maximum Gasteiger partial charge on any atom is 0.318 e. The van der Waals surface area contributed by atoms with Crippen molar-refractivity contribution in [2.75, 3.05) is 26.2 Å². The molecule has 0 spiro atoms. The fraction of sp³-hybridized carbons (Fsp3) is 0.522. The van der Waals surface area contributed by atoms with E-state index in [0.29, 0.717) is 32.6 Å². The fourth-order valence-corrected chi connectivity index (χ4v) is 4.50. The average Bonchev–Trinajstić information content (AvgIpc) is 3.16. The van der Waals surface area contributed by atoms with Crippen LogP contribution < -0.4 is 5.32 Å². The molecule has 7 heteroatoms. The normalized spacial score (nSPS) is 18.8. The summed E-state index contributed by atoms with van der Waals surface area (Å²) in [5, 5.41) is 7.53. The third-order valence-corrected chi connectivity index (χ3v) is 6.29. The summed E-state index contributed by atoms with van der Waals surface area (Å²) in [6, 6.07) is 10.3. The smallest absolute Gasteiger partial charge is 0.318 e. The van der Waals surface area contributed by atoms with Crippen molar-refractivity contribution in [2.45, 2.75) is 44.6 Å². The Morgan fingerprint density at radius 1 is 1.10 bits per heavy atom. The van der Waals surface area contributed by atoms with E-state index < -0.39 is 0 Å². The van der Waals surface area contributed by atoms with Crippen LogP contribution in [0.15, 0.2) is 36.5 Å². The lowest BCUT2D eigenvalue weighted by Gasteiger charge is -2.36. The number of fused-ring (bicyclic) bond motifs is 1. The van der Waals surface area contributed by atoms with Gasteiger partial charge in [0, 0.05) is 50.9 Å². The van der Waals surface area contributed by atoms with Crippen molar-refractivity contribution in [3.8, 4) is 0 Å². The van der Waals surface area contributed by atoms with Gasteiger partial charge in [0.25, 0.3) is 0 Å². The highest BCUT2D eigenvalue weighted by Crippen LogP contribution is 2.29. The van der Waals surface area contributed by atoms with Crippen LogP contribution in [0, 0.1) is 0 Å². The second kappa shape index (κ2) is 9.32. The van der Waals surface area contributed by atoms with E-state index in [1.807, 2.05) is 45.9 Å². The van der Waals surface area contributed by atoms with Gasteiger partial charge in [-0.25, -0.2) is 4.79 Å². The SMILES string of the molecule is Cn1ncc2c1CCCC2NC(=O)N1CCN(C(=O)CCCc2ccccc2)CC1. The first-order valence-corrected chi connectivity index (χ1v) is 11.0. The summed E-state index contributed by atoms with van der Waals surface area (Å²) in [5.74, 6) is 0.193. The van der Waals surface area contributed by atoms with Gasteiger partial charge in [-0.05, 0) is 37.7 Å². The number of piperazine rings is 1. The first-order chi connectivity index (χ1) is 14.6. The predicted octanol–water partition coefficient (Wildman–Crippen LogP) is 2.67. The number of hydrogen-bond acceptors (Lipinski definition) is 3. The van der Waals surface area contributed by atoms with Crippen molar-refractivity contribution in [3.05, 3.63) is 53.3 Å². The van der Waals surface area contributed by atoms with Gasteiger partial charge in [-0.2, -0.15) is 5.10 Å². The van der Waals surface area contributed by atoms with Crippen LogP contribution in [-0.2, 0) is 24.7 Å². The number of nitrogens with zero attached hydrogens (tertiary/aromatic N) is 4. The Morgan fingerprint density at radius 3 is 2.60 bits per heavy atom. The van der Waals surface area contributed by atoms with Crippen LogP contribution >= 0.6 is 0 Å². The molecule has 2 aliphatic rings. The quantitative estimate of drug-likeness (QED) is 0.825. The number of benzene rings is 1. The van der Waals surface area contributed by atoms with Crippen LogP contribution in [0.2, 0.25) is 0 Å². The van der Waals surface area contributed by atoms with Crippen LogP contribution in [0.1, 0.15) is 48.5 Å². The van der Waals surface area contributed by atoms with Gasteiger partial charge in [0.05, 0.1) is 12.2 Å². The summed E-state index contributed by atoms with van der Waals surface area (Å²) in [7, 11) is 1.96. The Bertz CT molecular complexity index is 871. The summed E-state index contributed by atoms with van der Waals surface area (Å²) in [6.07, 6.45) is 7.25. The molecule has 1 aromatic carbocycles. The van der Waals surface area contributed by atoms with E-state index in [1.165, 1.54) is 11.3 Å². The topological polar surface area (TPSA) is 70.5 Å². The van der Waals surface area contributed by atoms with E-state index in [0.717, 1.165) is 37.7 Å².